The molecule has 0 amide bonds. The first-order chi connectivity index (χ1) is 7.35. The third kappa shape index (κ3) is 3.07. The van der Waals surface area contributed by atoms with Gasteiger partial charge in [0.25, 0.3) is 0 Å². The standard InChI is InChI=1S/C12H12BrNO2/c1-12(2,3)16-11(15)8-5-4-6-10(13)9(8)7-14/h4-6H,1-3H3. The van der Waals surface area contributed by atoms with E-state index in [2.05, 4.69) is 15.9 Å². The maximum atomic E-state index is 11.8. The van der Waals surface area contributed by atoms with Gasteiger partial charge in [-0.25, -0.2) is 4.79 Å². The number of benzene rings is 1. The van der Waals surface area contributed by atoms with Gasteiger partial charge in [0.15, 0.2) is 0 Å². The molecule has 0 spiro atoms. The van der Waals surface area contributed by atoms with Crippen LogP contribution < -0.4 is 0 Å². The molecular formula is C12H12BrNO2. The summed E-state index contributed by atoms with van der Waals surface area (Å²) in [6.07, 6.45) is 0. The highest BCUT2D eigenvalue weighted by Gasteiger charge is 2.21. The topological polar surface area (TPSA) is 50.1 Å². The molecule has 0 aliphatic rings. The summed E-state index contributed by atoms with van der Waals surface area (Å²) < 4.78 is 5.81. The Kier molecular flexibility index (Phi) is 3.71. The van der Waals surface area contributed by atoms with Crippen molar-refractivity contribution in [2.24, 2.45) is 0 Å². The Morgan fingerprint density at radius 1 is 1.44 bits per heavy atom. The Balaban J connectivity index is 3.11. The first-order valence-corrected chi connectivity index (χ1v) is 5.56. The normalized spacial score (nSPS) is 10.7. The average Bonchev–Trinajstić information content (AvgIpc) is 2.14. The summed E-state index contributed by atoms with van der Waals surface area (Å²) in [5, 5.41) is 8.96. The predicted octanol–water partition coefficient (Wildman–Crippen LogP) is 3.28. The van der Waals surface area contributed by atoms with Crippen molar-refractivity contribution in [3.8, 4) is 6.07 Å². The molecule has 0 fully saturated rings. The van der Waals surface area contributed by atoms with Crippen molar-refractivity contribution >= 4 is 21.9 Å². The van der Waals surface area contributed by atoms with Crippen molar-refractivity contribution in [2.45, 2.75) is 26.4 Å². The van der Waals surface area contributed by atoms with Crippen LogP contribution in [-0.2, 0) is 4.74 Å². The van der Waals surface area contributed by atoms with Crippen LogP contribution >= 0.6 is 15.9 Å². The highest BCUT2D eigenvalue weighted by atomic mass is 79.9. The van der Waals surface area contributed by atoms with Gasteiger partial charge in [-0.1, -0.05) is 6.07 Å². The quantitative estimate of drug-likeness (QED) is 0.743. The maximum Gasteiger partial charge on any atom is 0.340 e. The number of carbonyl (C=O) groups is 1. The zero-order valence-corrected chi connectivity index (χ0v) is 11.0. The summed E-state index contributed by atoms with van der Waals surface area (Å²) >= 11 is 3.22. The Morgan fingerprint density at radius 3 is 2.56 bits per heavy atom. The molecule has 1 rings (SSSR count). The van der Waals surface area contributed by atoms with E-state index in [4.69, 9.17) is 10.00 Å². The molecule has 16 heavy (non-hydrogen) atoms. The lowest BCUT2D eigenvalue weighted by Crippen LogP contribution is -2.24. The van der Waals surface area contributed by atoms with Crippen LogP contribution in [0, 0.1) is 11.3 Å². The smallest absolute Gasteiger partial charge is 0.340 e. The summed E-state index contributed by atoms with van der Waals surface area (Å²) in [7, 11) is 0. The number of hydrogen-bond acceptors (Lipinski definition) is 3. The summed E-state index contributed by atoms with van der Waals surface area (Å²) in [6.45, 7) is 5.36. The Hall–Kier alpha value is -1.34. The summed E-state index contributed by atoms with van der Waals surface area (Å²) in [4.78, 5) is 11.8. The van der Waals surface area contributed by atoms with E-state index in [1.807, 2.05) is 6.07 Å². The molecule has 0 aliphatic heterocycles. The van der Waals surface area contributed by atoms with Gasteiger partial charge >= 0.3 is 5.97 Å². The van der Waals surface area contributed by atoms with Crippen LogP contribution in [0.25, 0.3) is 0 Å². The Morgan fingerprint density at radius 2 is 2.06 bits per heavy atom. The largest absolute Gasteiger partial charge is 0.456 e. The predicted molar refractivity (Wildman–Crippen MR) is 64.0 cm³/mol. The van der Waals surface area contributed by atoms with Crippen LogP contribution in [0.5, 0.6) is 0 Å². The number of ether oxygens (including phenoxy) is 1. The fourth-order valence-corrected chi connectivity index (χ4v) is 1.60. The second kappa shape index (κ2) is 4.67. The van der Waals surface area contributed by atoms with Gasteiger partial charge in [0.05, 0.1) is 11.1 Å². The minimum absolute atomic E-state index is 0.284. The number of rotatable bonds is 1. The van der Waals surface area contributed by atoms with Gasteiger partial charge < -0.3 is 4.74 Å². The second-order valence-corrected chi connectivity index (χ2v) is 5.13. The number of halogens is 1. The zero-order valence-electron chi connectivity index (χ0n) is 9.37. The third-order valence-corrected chi connectivity index (χ3v) is 2.41. The van der Waals surface area contributed by atoms with Crippen LogP contribution in [0.1, 0.15) is 36.7 Å². The van der Waals surface area contributed by atoms with Crippen LogP contribution in [0.3, 0.4) is 0 Å². The first-order valence-electron chi connectivity index (χ1n) is 4.77. The van der Waals surface area contributed by atoms with E-state index in [1.165, 1.54) is 0 Å². The van der Waals surface area contributed by atoms with E-state index in [0.717, 1.165) is 0 Å². The minimum atomic E-state index is -0.563. The van der Waals surface area contributed by atoms with Crippen molar-refractivity contribution < 1.29 is 9.53 Å². The molecule has 1 aromatic rings. The minimum Gasteiger partial charge on any atom is -0.456 e. The highest BCUT2D eigenvalue weighted by Crippen LogP contribution is 2.22. The molecule has 4 heteroatoms. The Bertz CT molecular complexity index is 455. The molecule has 0 saturated carbocycles. The maximum absolute atomic E-state index is 11.8. The van der Waals surface area contributed by atoms with E-state index in [0.29, 0.717) is 10.0 Å². The molecule has 0 aliphatic carbocycles. The zero-order chi connectivity index (χ0) is 12.3. The molecule has 0 saturated heterocycles. The van der Waals surface area contributed by atoms with Gasteiger partial charge in [-0.15, -0.1) is 0 Å². The van der Waals surface area contributed by atoms with Gasteiger partial charge in [-0.2, -0.15) is 5.26 Å². The number of carbonyl (C=O) groups excluding carboxylic acids is 1. The molecule has 84 valence electrons. The molecule has 0 heterocycles. The molecule has 1 aromatic carbocycles. The molecular weight excluding hydrogens is 270 g/mol. The summed E-state index contributed by atoms with van der Waals surface area (Å²) in [5.74, 6) is -0.481. The lowest BCUT2D eigenvalue weighted by Gasteiger charge is -2.19. The van der Waals surface area contributed by atoms with Gasteiger partial charge in [0.2, 0.25) is 0 Å². The molecule has 0 aromatic heterocycles. The van der Waals surface area contributed by atoms with Crippen LogP contribution in [0.15, 0.2) is 22.7 Å². The van der Waals surface area contributed by atoms with Crippen molar-refractivity contribution in [2.75, 3.05) is 0 Å². The molecule has 0 N–H and O–H groups in total. The van der Waals surface area contributed by atoms with Crippen molar-refractivity contribution in [1.82, 2.24) is 0 Å². The van der Waals surface area contributed by atoms with Gasteiger partial charge in [-0.05, 0) is 48.8 Å². The number of hydrogen-bond donors (Lipinski definition) is 0. The number of nitriles is 1. The summed E-state index contributed by atoms with van der Waals surface area (Å²) in [6, 6.07) is 6.98. The lowest BCUT2D eigenvalue weighted by molar-refractivity contribution is 0.00691. The van der Waals surface area contributed by atoms with Crippen molar-refractivity contribution in [1.29, 1.82) is 5.26 Å². The first kappa shape index (κ1) is 12.7. The van der Waals surface area contributed by atoms with Crippen LogP contribution in [0.4, 0.5) is 0 Å². The van der Waals surface area contributed by atoms with Crippen LogP contribution in [0.2, 0.25) is 0 Å². The monoisotopic (exact) mass is 281 g/mol. The fraction of sp³-hybridized carbons (Fsp3) is 0.333. The van der Waals surface area contributed by atoms with Crippen LogP contribution in [-0.4, -0.2) is 11.6 Å². The fourth-order valence-electron chi connectivity index (χ4n) is 1.14. The molecule has 0 bridgehead atoms. The van der Waals surface area contributed by atoms with Crippen molar-refractivity contribution in [3.63, 3.8) is 0 Å². The second-order valence-electron chi connectivity index (χ2n) is 4.28. The number of esters is 1. The lowest BCUT2D eigenvalue weighted by atomic mass is 10.1. The SMILES string of the molecule is CC(C)(C)OC(=O)c1cccc(Br)c1C#N. The van der Waals surface area contributed by atoms with Gasteiger partial charge in [0.1, 0.15) is 11.7 Å². The molecule has 0 atom stereocenters. The van der Waals surface area contributed by atoms with E-state index in [1.54, 1.807) is 39.0 Å². The van der Waals surface area contributed by atoms with Gasteiger partial charge in [0, 0.05) is 4.47 Å². The molecule has 0 unspecified atom stereocenters. The molecule has 0 radical (unpaired) electrons. The van der Waals surface area contributed by atoms with E-state index in [-0.39, 0.29) is 5.56 Å². The molecule has 3 nitrogen and oxygen atoms in total. The summed E-state index contributed by atoms with van der Waals surface area (Å²) in [5.41, 5.74) is 0.0233. The number of nitrogens with zero attached hydrogens (tertiary/aromatic N) is 1. The Labute approximate surface area is 103 Å². The third-order valence-electron chi connectivity index (χ3n) is 1.74. The average molecular weight is 282 g/mol. The van der Waals surface area contributed by atoms with E-state index < -0.39 is 11.6 Å². The van der Waals surface area contributed by atoms with Gasteiger partial charge in [-0.3, -0.25) is 0 Å². The van der Waals surface area contributed by atoms with E-state index in [9.17, 15) is 4.79 Å². The van der Waals surface area contributed by atoms with Crippen molar-refractivity contribution in [3.05, 3.63) is 33.8 Å². The van der Waals surface area contributed by atoms with E-state index >= 15 is 0 Å². The highest BCUT2D eigenvalue weighted by molar-refractivity contribution is 9.10.